The first-order chi connectivity index (χ1) is 12.9. The summed E-state index contributed by atoms with van der Waals surface area (Å²) in [4.78, 5) is 0. The summed E-state index contributed by atoms with van der Waals surface area (Å²) in [6.07, 6.45) is 5.61. The molecule has 0 unspecified atom stereocenters. The van der Waals surface area contributed by atoms with E-state index in [1.807, 2.05) is 13.8 Å². The number of hydroxylamine groups is 4. The van der Waals surface area contributed by atoms with Crippen molar-refractivity contribution in [2.75, 3.05) is 13.3 Å². The molecule has 6 nitrogen and oxygen atoms in total. The van der Waals surface area contributed by atoms with Crippen LogP contribution >= 0.6 is 0 Å². The molecule has 1 saturated carbocycles. The highest BCUT2D eigenvalue weighted by atomic mass is 16.6. The number of aliphatic hydroxyl groups is 1. The summed E-state index contributed by atoms with van der Waals surface area (Å²) in [6, 6.07) is 0. The van der Waals surface area contributed by atoms with Gasteiger partial charge in [-0.3, -0.25) is 0 Å². The molecule has 174 valence electrons. The van der Waals surface area contributed by atoms with Crippen LogP contribution in [0.5, 0.6) is 0 Å². The highest BCUT2D eigenvalue weighted by Gasteiger charge is 2.44. The van der Waals surface area contributed by atoms with Crippen LogP contribution in [0.25, 0.3) is 0 Å². The first-order valence-electron chi connectivity index (χ1n) is 11.1. The predicted molar refractivity (Wildman–Crippen MR) is 117 cm³/mol. The topological polar surface area (TPSA) is 76.4 Å². The van der Waals surface area contributed by atoms with Gasteiger partial charge in [0.2, 0.25) is 0 Å². The fourth-order valence-corrected chi connectivity index (χ4v) is 4.60. The Labute approximate surface area is 179 Å². The van der Waals surface area contributed by atoms with Gasteiger partial charge < -0.3 is 20.3 Å². The summed E-state index contributed by atoms with van der Waals surface area (Å²) < 4.78 is 4.95. The van der Waals surface area contributed by atoms with Crippen molar-refractivity contribution in [1.82, 2.24) is 10.1 Å². The molecule has 2 heterocycles. The molecule has 0 aromatic heterocycles. The minimum absolute atomic E-state index is 0.0243. The standard InChI is InChI=1S/C10H20O.C8H17NO.C5H11NO2/c1-9(2)6-5-7-10(3,4)8(9)11;1-7(2)5-6-8(3,4)9(7)10;1-5(2)3-8-4-6(5)7/h8,11H,5-7H2,1-4H3;10H,5-6H2,1-4H3;7H,3-4H2,1-2H3. The minimum Gasteiger partial charge on any atom is -0.392 e. The van der Waals surface area contributed by atoms with Gasteiger partial charge in [0.1, 0.15) is 6.73 Å². The Morgan fingerprint density at radius 1 is 0.690 bits per heavy atom. The SMILES string of the molecule is CC1(C)CCC(C)(C)N1O.CC1(C)CCCC(C)(C)C1O.CC1(C)COCN1O. The number of aliphatic hydroxyl groups excluding tert-OH is 1. The van der Waals surface area contributed by atoms with Gasteiger partial charge in [-0.15, -0.1) is 0 Å². The molecule has 0 aromatic carbocycles. The Bertz CT molecular complexity index is 497. The fraction of sp³-hybridized carbons (Fsp3) is 1.00. The quantitative estimate of drug-likeness (QED) is 0.513. The van der Waals surface area contributed by atoms with E-state index in [1.165, 1.54) is 16.5 Å². The second-order valence-electron chi connectivity index (χ2n) is 12.4. The maximum absolute atomic E-state index is 9.96. The van der Waals surface area contributed by atoms with Crippen molar-refractivity contribution in [3.05, 3.63) is 0 Å². The second kappa shape index (κ2) is 9.09. The van der Waals surface area contributed by atoms with Crippen molar-refractivity contribution >= 4 is 0 Å². The van der Waals surface area contributed by atoms with Crippen molar-refractivity contribution in [2.45, 2.75) is 124 Å². The Balaban J connectivity index is 0.000000220. The monoisotopic (exact) mass is 416 g/mol. The van der Waals surface area contributed by atoms with Crippen LogP contribution in [0.3, 0.4) is 0 Å². The summed E-state index contributed by atoms with van der Waals surface area (Å²) in [5.41, 5.74) is 0.0243. The molecule has 0 amide bonds. The average molecular weight is 417 g/mol. The zero-order valence-corrected chi connectivity index (χ0v) is 20.7. The molecule has 2 saturated heterocycles. The lowest BCUT2D eigenvalue weighted by Gasteiger charge is -2.46. The van der Waals surface area contributed by atoms with E-state index in [0.717, 1.165) is 25.7 Å². The van der Waals surface area contributed by atoms with E-state index in [4.69, 9.17) is 9.94 Å². The van der Waals surface area contributed by atoms with Crippen LogP contribution < -0.4 is 0 Å². The first-order valence-corrected chi connectivity index (χ1v) is 11.1. The zero-order valence-electron chi connectivity index (χ0n) is 20.7. The molecule has 3 fully saturated rings. The van der Waals surface area contributed by atoms with Crippen molar-refractivity contribution in [2.24, 2.45) is 10.8 Å². The number of rotatable bonds is 0. The van der Waals surface area contributed by atoms with E-state index in [0.29, 0.717) is 13.3 Å². The molecule has 3 aliphatic rings. The highest BCUT2D eigenvalue weighted by molar-refractivity contribution is 4.95. The van der Waals surface area contributed by atoms with Crippen LogP contribution in [0.1, 0.15) is 101 Å². The Morgan fingerprint density at radius 2 is 1.10 bits per heavy atom. The Morgan fingerprint density at radius 3 is 1.28 bits per heavy atom. The van der Waals surface area contributed by atoms with E-state index in [1.54, 1.807) is 0 Å². The summed E-state index contributed by atoms with van der Waals surface area (Å²) in [5.74, 6) is 0. The Kier molecular flexibility index (Phi) is 8.40. The summed E-state index contributed by atoms with van der Waals surface area (Å²) in [6.45, 7) is 21.8. The second-order valence-corrected chi connectivity index (χ2v) is 12.4. The van der Waals surface area contributed by atoms with Gasteiger partial charge in [-0.1, -0.05) is 34.1 Å². The fourth-order valence-electron chi connectivity index (χ4n) is 4.60. The molecule has 1 aliphatic carbocycles. The summed E-state index contributed by atoms with van der Waals surface area (Å²) >= 11 is 0. The third-order valence-electron chi connectivity index (χ3n) is 6.99. The van der Waals surface area contributed by atoms with Gasteiger partial charge >= 0.3 is 0 Å². The van der Waals surface area contributed by atoms with E-state index < -0.39 is 0 Å². The Hall–Kier alpha value is -0.240. The predicted octanol–water partition coefficient (Wildman–Crippen LogP) is 5.06. The van der Waals surface area contributed by atoms with E-state index in [2.05, 4.69) is 55.4 Å². The molecule has 0 bridgehead atoms. The van der Waals surface area contributed by atoms with Crippen molar-refractivity contribution in [3.63, 3.8) is 0 Å². The molecular weight excluding hydrogens is 368 g/mol. The average Bonchev–Trinajstić information content (AvgIpc) is 2.97. The van der Waals surface area contributed by atoms with Gasteiger partial charge in [0, 0.05) is 11.1 Å². The minimum atomic E-state index is -0.181. The van der Waals surface area contributed by atoms with Gasteiger partial charge in [0.05, 0.1) is 18.2 Å². The summed E-state index contributed by atoms with van der Waals surface area (Å²) in [5, 5.41) is 31.2. The summed E-state index contributed by atoms with van der Waals surface area (Å²) in [7, 11) is 0. The van der Waals surface area contributed by atoms with Crippen molar-refractivity contribution in [1.29, 1.82) is 0 Å². The van der Waals surface area contributed by atoms with Gasteiger partial charge in [0.15, 0.2) is 0 Å². The van der Waals surface area contributed by atoms with Crippen LogP contribution in [0.15, 0.2) is 0 Å². The van der Waals surface area contributed by atoms with Crippen molar-refractivity contribution < 1.29 is 20.3 Å². The molecule has 3 rings (SSSR count). The van der Waals surface area contributed by atoms with Crippen molar-refractivity contribution in [3.8, 4) is 0 Å². The maximum Gasteiger partial charge on any atom is 0.122 e. The molecule has 2 aliphatic heterocycles. The van der Waals surface area contributed by atoms with Crippen LogP contribution in [0.4, 0.5) is 0 Å². The number of nitrogens with zero attached hydrogens (tertiary/aromatic N) is 2. The first kappa shape index (κ1) is 26.8. The van der Waals surface area contributed by atoms with E-state index in [-0.39, 0.29) is 33.6 Å². The number of hydrogen-bond acceptors (Lipinski definition) is 6. The van der Waals surface area contributed by atoms with Gasteiger partial charge in [-0.25, -0.2) is 0 Å². The lowest BCUT2D eigenvalue weighted by molar-refractivity contribution is -0.191. The molecule has 29 heavy (non-hydrogen) atoms. The van der Waals surface area contributed by atoms with Crippen LogP contribution in [-0.2, 0) is 4.74 Å². The lowest BCUT2D eigenvalue weighted by Crippen LogP contribution is -2.45. The molecule has 0 atom stereocenters. The third-order valence-corrected chi connectivity index (χ3v) is 6.99. The molecule has 0 spiro atoms. The normalized spacial score (nSPS) is 30.1. The third kappa shape index (κ3) is 6.88. The van der Waals surface area contributed by atoms with Gasteiger partial charge in [0.25, 0.3) is 0 Å². The van der Waals surface area contributed by atoms with E-state index >= 15 is 0 Å². The number of hydrogen-bond donors (Lipinski definition) is 3. The van der Waals surface area contributed by atoms with Crippen LogP contribution in [0.2, 0.25) is 0 Å². The molecule has 3 N–H and O–H groups in total. The van der Waals surface area contributed by atoms with E-state index in [9.17, 15) is 10.3 Å². The van der Waals surface area contributed by atoms with Crippen LogP contribution in [0, 0.1) is 10.8 Å². The molecule has 0 aromatic rings. The molecule has 6 heteroatoms. The molecule has 0 radical (unpaired) electrons. The zero-order chi connectivity index (χ0) is 22.9. The number of ether oxygens (including phenoxy) is 1. The van der Waals surface area contributed by atoms with Crippen LogP contribution in [-0.4, -0.2) is 61.7 Å². The highest BCUT2D eigenvalue weighted by Crippen LogP contribution is 2.45. The largest absolute Gasteiger partial charge is 0.392 e. The van der Waals surface area contributed by atoms with Gasteiger partial charge in [-0.2, -0.15) is 10.1 Å². The molecular formula is C23H48N2O4. The maximum atomic E-state index is 9.96. The van der Waals surface area contributed by atoms with Gasteiger partial charge in [-0.05, 0) is 78.1 Å². The smallest absolute Gasteiger partial charge is 0.122 e. The lowest BCUT2D eigenvalue weighted by atomic mass is 9.63.